The summed E-state index contributed by atoms with van der Waals surface area (Å²) in [4.78, 5) is 21.7. The van der Waals surface area contributed by atoms with E-state index < -0.39 is 18.0 Å². The number of esters is 2. The van der Waals surface area contributed by atoms with Crippen molar-refractivity contribution >= 4 is 11.9 Å². The van der Waals surface area contributed by atoms with Gasteiger partial charge in [0.15, 0.2) is 6.10 Å². The molecule has 8 heteroatoms. The lowest BCUT2D eigenvalue weighted by atomic mass is 10.1. The Hall–Kier alpha value is -5.76. The molecule has 1 atom stereocenters. The van der Waals surface area contributed by atoms with Gasteiger partial charge in [-0.2, -0.15) is 0 Å². The first-order chi connectivity index (χ1) is 21.5. The van der Waals surface area contributed by atoms with Crippen molar-refractivity contribution in [2.24, 2.45) is 0 Å². The Bertz CT molecular complexity index is 1450. The Morgan fingerprint density at radius 1 is 0.545 bits per heavy atom. The summed E-state index contributed by atoms with van der Waals surface area (Å²) < 4.78 is 32.4. The Kier molecular flexibility index (Phi) is 13.9. The van der Waals surface area contributed by atoms with E-state index in [4.69, 9.17) is 23.7 Å². The second-order valence-electron chi connectivity index (χ2n) is 8.77. The molecule has 0 amide bonds. The molecule has 0 saturated heterocycles. The van der Waals surface area contributed by atoms with Gasteiger partial charge in [0.2, 0.25) is 6.79 Å². The van der Waals surface area contributed by atoms with Crippen molar-refractivity contribution in [1.82, 2.24) is 0 Å². The lowest BCUT2D eigenvalue weighted by molar-refractivity contribution is -0.146. The second-order valence-corrected chi connectivity index (χ2v) is 8.77. The normalized spacial score (nSPS) is 10.5. The van der Waals surface area contributed by atoms with Crippen molar-refractivity contribution in [2.45, 2.75) is 6.10 Å². The van der Waals surface area contributed by atoms with Crippen LogP contribution in [0.25, 0.3) is 11.1 Å². The number of carbonyl (C=O) groups excluding carboxylic acids is 2. The second kappa shape index (κ2) is 18.6. The van der Waals surface area contributed by atoms with Crippen molar-refractivity contribution in [3.63, 3.8) is 0 Å². The van der Waals surface area contributed by atoms with Crippen molar-refractivity contribution < 1.29 is 38.0 Å². The van der Waals surface area contributed by atoms with E-state index in [-0.39, 0.29) is 20.0 Å². The highest BCUT2D eigenvalue weighted by Crippen LogP contribution is 2.25. The number of carbonyl (C=O) groups is 2. The van der Waals surface area contributed by atoms with Crippen LogP contribution >= 0.6 is 0 Å². The van der Waals surface area contributed by atoms with E-state index >= 15 is 0 Å². The van der Waals surface area contributed by atoms with Crippen molar-refractivity contribution in [1.29, 1.82) is 0 Å². The van der Waals surface area contributed by atoms with Crippen LogP contribution in [0.15, 0.2) is 147 Å². The summed E-state index contributed by atoms with van der Waals surface area (Å²) >= 11 is 0. The van der Waals surface area contributed by atoms with E-state index in [1.54, 1.807) is 0 Å². The number of ether oxygens (including phenoxy) is 6. The van der Waals surface area contributed by atoms with E-state index in [9.17, 15) is 9.59 Å². The van der Waals surface area contributed by atoms with E-state index in [1.165, 1.54) is 0 Å². The van der Waals surface area contributed by atoms with E-state index in [0.717, 1.165) is 41.0 Å². The minimum Gasteiger partial charge on any atom is -0.490 e. The molecule has 0 fully saturated rings. The lowest BCUT2D eigenvalue weighted by Crippen LogP contribution is -2.30. The predicted molar refractivity (Wildman–Crippen MR) is 168 cm³/mol. The highest BCUT2D eigenvalue weighted by molar-refractivity contribution is 5.81. The Balaban J connectivity index is 0.000000676. The van der Waals surface area contributed by atoms with Crippen LogP contribution in [-0.2, 0) is 19.1 Å². The van der Waals surface area contributed by atoms with Crippen molar-refractivity contribution in [3.05, 3.63) is 147 Å². The Morgan fingerprint density at radius 2 is 0.955 bits per heavy atom. The number of rotatable bonds is 15. The van der Waals surface area contributed by atoms with Gasteiger partial charge < -0.3 is 28.4 Å². The maximum Gasteiger partial charge on any atom is 0.334 e. The summed E-state index contributed by atoms with van der Waals surface area (Å²) in [7, 11) is 0. The molecule has 0 aromatic heterocycles. The molecule has 1 unspecified atom stereocenters. The van der Waals surface area contributed by atoms with E-state index in [2.05, 4.69) is 24.5 Å². The van der Waals surface area contributed by atoms with Crippen molar-refractivity contribution in [3.8, 4) is 34.1 Å². The zero-order valence-electron chi connectivity index (χ0n) is 24.2. The number of hydrogen-bond acceptors (Lipinski definition) is 8. The molecule has 0 spiro atoms. The van der Waals surface area contributed by atoms with E-state index in [1.807, 2.05) is 109 Å². The topological polar surface area (TPSA) is 89.5 Å². The van der Waals surface area contributed by atoms with Crippen LogP contribution in [0, 0.1) is 0 Å². The summed E-state index contributed by atoms with van der Waals surface area (Å²) in [5, 5.41) is 0. The van der Waals surface area contributed by atoms with Gasteiger partial charge in [-0.3, -0.25) is 0 Å². The van der Waals surface area contributed by atoms with Crippen LogP contribution in [0.3, 0.4) is 0 Å². The van der Waals surface area contributed by atoms with Gasteiger partial charge in [0.25, 0.3) is 0 Å². The zero-order valence-corrected chi connectivity index (χ0v) is 24.2. The number of para-hydroxylation sites is 2. The average molecular weight is 595 g/mol. The smallest absolute Gasteiger partial charge is 0.334 e. The average Bonchev–Trinajstić information content (AvgIpc) is 3.08. The van der Waals surface area contributed by atoms with Gasteiger partial charge in [0.05, 0.1) is 6.26 Å². The SMILES string of the molecule is C=CC(=O)OC(COc1ccccc1)COc1ccc(-c2ccc(OCOc3ccccc3)cc2)cc1.C=COC(=O)C=C. The standard InChI is InChI=1S/C31H28O6.C5H6O2/c1-2-31(32)37-30(21-33-26-9-5-3-6-10-26)22-34-28-17-13-24(14-18-28)25-15-19-29(20-16-25)36-23-35-27-11-7-4-8-12-27;1-3-5(6)7-4-2/h2-20,30H,1,21-23H2;3-4H,1-2H2. The molecule has 4 rings (SSSR count). The third-order valence-corrected chi connectivity index (χ3v) is 5.67. The minimum absolute atomic E-state index is 0.134. The van der Waals surface area contributed by atoms with Gasteiger partial charge in [-0.05, 0) is 59.7 Å². The monoisotopic (exact) mass is 594 g/mol. The van der Waals surface area contributed by atoms with Crippen LogP contribution in [-0.4, -0.2) is 38.0 Å². The summed E-state index contributed by atoms with van der Waals surface area (Å²) in [6, 6.07) is 34.3. The molecule has 0 N–H and O–H groups in total. The summed E-state index contributed by atoms with van der Waals surface area (Å²) in [6.45, 7) is 10.2. The quantitative estimate of drug-likeness (QED) is 0.0619. The molecule has 0 aliphatic rings. The third kappa shape index (κ3) is 12.0. The van der Waals surface area contributed by atoms with Gasteiger partial charge in [-0.25, -0.2) is 9.59 Å². The molecule has 0 saturated carbocycles. The molecule has 0 heterocycles. The van der Waals surface area contributed by atoms with Gasteiger partial charge in [-0.15, -0.1) is 0 Å². The Morgan fingerprint density at radius 3 is 1.36 bits per heavy atom. The van der Waals surface area contributed by atoms with Crippen LogP contribution in [0.1, 0.15) is 0 Å². The van der Waals surface area contributed by atoms with Gasteiger partial charge in [-0.1, -0.05) is 80.4 Å². The van der Waals surface area contributed by atoms with Crippen LogP contribution in [0.5, 0.6) is 23.0 Å². The number of hydrogen-bond donors (Lipinski definition) is 0. The molecule has 0 aliphatic heterocycles. The molecule has 0 bridgehead atoms. The zero-order chi connectivity index (χ0) is 31.4. The maximum atomic E-state index is 11.7. The predicted octanol–water partition coefficient (Wildman–Crippen LogP) is 7.18. The summed E-state index contributed by atoms with van der Waals surface area (Å²) in [5.41, 5.74) is 2.07. The van der Waals surface area contributed by atoms with Gasteiger partial charge >= 0.3 is 11.9 Å². The van der Waals surface area contributed by atoms with E-state index in [0.29, 0.717) is 11.5 Å². The molecule has 4 aromatic rings. The van der Waals surface area contributed by atoms with Crippen LogP contribution in [0.2, 0.25) is 0 Å². The Labute approximate surface area is 257 Å². The van der Waals surface area contributed by atoms with Gasteiger partial charge in [0.1, 0.15) is 36.2 Å². The summed E-state index contributed by atoms with van der Waals surface area (Å²) in [5.74, 6) is 1.82. The fraction of sp³-hybridized carbons (Fsp3) is 0.111. The highest BCUT2D eigenvalue weighted by Gasteiger charge is 2.15. The molecule has 226 valence electrons. The van der Waals surface area contributed by atoms with Crippen LogP contribution < -0.4 is 18.9 Å². The molecule has 8 nitrogen and oxygen atoms in total. The first kappa shape index (κ1) is 32.8. The molecule has 44 heavy (non-hydrogen) atoms. The molecular formula is C36H34O8. The molecule has 0 radical (unpaired) electrons. The fourth-order valence-corrected chi connectivity index (χ4v) is 3.52. The van der Waals surface area contributed by atoms with Crippen LogP contribution in [0.4, 0.5) is 0 Å². The maximum absolute atomic E-state index is 11.7. The third-order valence-electron chi connectivity index (χ3n) is 5.67. The molecule has 4 aromatic carbocycles. The van der Waals surface area contributed by atoms with Gasteiger partial charge in [0, 0.05) is 12.2 Å². The fourth-order valence-electron chi connectivity index (χ4n) is 3.52. The molecule has 0 aliphatic carbocycles. The number of benzene rings is 4. The first-order valence-corrected chi connectivity index (χ1v) is 13.6. The first-order valence-electron chi connectivity index (χ1n) is 13.6. The lowest BCUT2D eigenvalue weighted by Gasteiger charge is -2.18. The minimum atomic E-state index is -0.594. The largest absolute Gasteiger partial charge is 0.490 e. The molecular weight excluding hydrogens is 560 g/mol. The summed E-state index contributed by atoms with van der Waals surface area (Å²) in [6.07, 6.45) is 2.66. The highest BCUT2D eigenvalue weighted by atomic mass is 16.7. The van der Waals surface area contributed by atoms with Crippen molar-refractivity contribution in [2.75, 3.05) is 20.0 Å².